The first-order valence-electron chi connectivity index (χ1n) is 12.1. The molecule has 0 radical (unpaired) electrons. The van der Waals surface area contributed by atoms with Gasteiger partial charge < -0.3 is 14.8 Å². The first-order chi connectivity index (χ1) is 18.1. The third-order valence-electron chi connectivity index (χ3n) is 6.19. The lowest BCUT2D eigenvalue weighted by Crippen LogP contribution is -2.29. The smallest absolute Gasteiger partial charge is 0.338 e. The Morgan fingerprint density at radius 1 is 1.00 bits per heavy atom. The molecule has 1 aliphatic heterocycles. The number of nitrogens with one attached hydrogen (secondary N) is 1. The summed E-state index contributed by atoms with van der Waals surface area (Å²) in [7, 11) is 1.63. The number of ether oxygens (including phenoxy) is 2. The van der Waals surface area contributed by atoms with Gasteiger partial charge in [0.05, 0.1) is 19.3 Å². The van der Waals surface area contributed by atoms with Gasteiger partial charge in [-0.2, -0.15) is 4.98 Å². The summed E-state index contributed by atoms with van der Waals surface area (Å²) >= 11 is 1.56. The third kappa shape index (κ3) is 5.24. The molecule has 1 aliphatic rings. The maximum Gasteiger partial charge on any atom is 0.338 e. The molecule has 2 heterocycles. The van der Waals surface area contributed by atoms with Crippen LogP contribution in [0.4, 0.5) is 5.95 Å². The van der Waals surface area contributed by atoms with E-state index < -0.39 is 6.04 Å². The van der Waals surface area contributed by atoms with Crippen molar-refractivity contribution in [2.45, 2.75) is 30.8 Å². The van der Waals surface area contributed by atoms with Crippen LogP contribution in [0.1, 0.15) is 31.0 Å². The fourth-order valence-corrected chi connectivity index (χ4v) is 5.12. The topological polar surface area (TPSA) is 78.3 Å². The van der Waals surface area contributed by atoms with Gasteiger partial charge in [0, 0.05) is 11.4 Å². The number of rotatable bonds is 8. The SMILES string of the molecule is CCOC(=O)C1=C(C)Nc2nc(SCc3ccc(-c4ccccc4)cc3)nn2[C@@H]1c1ccc(OC)cc1. The van der Waals surface area contributed by atoms with Crippen molar-refractivity contribution in [1.82, 2.24) is 14.8 Å². The quantitative estimate of drug-likeness (QED) is 0.226. The number of nitrogens with zero attached hydrogens (tertiary/aromatic N) is 3. The van der Waals surface area contributed by atoms with E-state index in [0.29, 0.717) is 29.0 Å². The summed E-state index contributed by atoms with van der Waals surface area (Å²) < 4.78 is 12.5. The number of hydrogen-bond acceptors (Lipinski definition) is 7. The summed E-state index contributed by atoms with van der Waals surface area (Å²) in [6.07, 6.45) is 0. The average molecular weight is 513 g/mol. The Bertz CT molecular complexity index is 1410. The van der Waals surface area contributed by atoms with Gasteiger partial charge in [-0.3, -0.25) is 0 Å². The number of anilines is 1. The molecule has 0 spiro atoms. The van der Waals surface area contributed by atoms with Crippen LogP contribution >= 0.6 is 11.8 Å². The molecule has 37 heavy (non-hydrogen) atoms. The van der Waals surface area contributed by atoms with Crippen LogP contribution in [0.15, 0.2) is 95.3 Å². The lowest BCUT2D eigenvalue weighted by molar-refractivity contribution is -0.139. The Kier molecular flexibility index (Phi) is 7.28. The van der Waals surface area contributed by atoms with Crippen LogP contribution in [0, 0.1) is 0 Å². The number of carbonyl (C=O) groups excluding carboxylic acids is 1. The number of methoxy groups -OCH3 is 1. The van der Waals surface area contributed by atoms with Crippen molar-refractivity contribution in [2.75, 3.05) is 19.0 Å². The van der Waals surface area contributed by atoms with Crippen LogP contribution in [-0.4, -0.2) is 34.5 Å². The highest BCUT2D eigenvalue weighted by Crippen LogP contribution is 2.37. The van der Waals surface area contributed by atoms with Gasteiger partial charge in [0.2, 0.25) is 11.1 Å². The predicted molar refractivity (Wildman–Crippen MR) is 146 cm³/mol. The van der Waals surface area contributed by atoms with Gasteiger partial charge >= 0.3 is 5.97 Å². The Morgan fingerprint density at radius 2 is 1.70 bits per heavy atom. The highest BCUT2D eigenvalue weighted by atomic mass is 32.2. The number of aromatic nitrogens is 3. The van der Waals surface area contributed by atoms with Crippen LogP contribution in [0.25, 0.3) is 11.1 Å². The van der Waals surface area contributed by atoms with E-state index in [4.69, 9.17) is 19.6 Å². The van der Waals surface area contributed by atoms with Crippen molar-refractivity contribution >= 4 is 23.7 Å². The standard InChI is InChI=1S/C29H28N4O3S/c1-4-36-27(34)25-19(2)30-28-31-29(32-33(28)26(25)23-14-16-24(35-3)17-15-23)37-18-20-10-12-22(13-11-20)21-8-6-5-7-9-21/h5-17,26H,4,18H2,1-3H3,(H,30,31,32)/t26-/m1/s1. The molecule has 1 aromatic heterocycles. The normalized spacial score (nSPS) is 14.6. The van der Waals surface area contributed by atoms with Gasteiger partial charge in [-0.05, 0) is 48.2 Å². The van der Waals surface area contributed by atoms with E-state index in [9.17, 15) is 4.79 Å². The third-order valence-corrected chi connectivity index (χ3v) is 7.10. The molecular formula is C29H28N4O3S. The maximum atomic E-state index is 13.0. The highest BCUT2D eigenvalue weighted by Gasteiger charge is 2.35. The fourth-order valence-electron chi connectivity index (χ4n) is 4.33. The first-order valence-corrected chi connectivity index (χ1v) is 13.1. The molecule has 0 unspecified atom stereocenters. The van der Waals surface area contributed by atoms with Crippen LogP contribution in [-0.2, 0) is 15.3 Å². The number of hydrogen-bond donors (Lipinski definition) is 1. The Labute approximate surface area is 220 Å². The van der Waals surface area contributed by atoms with Crippen molar-refractivity contribution in [3.63, 3.8) is 0 Å². The first kappa shape index (κ1) is 24.6. The summed E-state index contributed by atoms with van der Waals surface area (Å²) in [5, 5.41) is 8.67. The Balaban J connectivity index is 1.39. The van der Waals surface area contributed by atoms with Crippen molar-refractivity contribution in [2.24, 2.45) is 0 Å². The van der Waals surface area contributed by atoms with E-state index in [1.807, 2.05) is 49.4 Å². The number of thioether (sulfide) groups is 1. The summed E-state index contributed by atoms with van der Waals surface area (Å²) in [6, 6.07) is 26.0. The highest BCUT2D eigenvalue weighted by molar-refractivity contribution is 7.98. The zero-order valence-corrected chi connectivity index (χ0v) is 21.8. The molecule has 1 atom stereocenters. The monoisotopic (exact) mass is 512 g/mol. The molecule has 188 valence electrons. The molecule has 4 aromatic rings. The minimum Gasteiger partial charge on any atom is -0.497 e. The van der Waals surface area contributed by atoms with Gasteiger partial charge in [-0.15, -0.1) is 5.10 Å². The average Bonchev–Trinajstić information content (AvgIpc) is 3.34. The van der Waals surface area contributed by atoms with Crippen molar-refractivity contribution in [3.05, 3.63) is 101 Å². The minimum atomic E-state index is -0.465. The van der Waals surface area contributed by atoms with Gasteiger partial charge in [0.25, 0.3) is 0 Å². The van der Waals surface area contributed by atoms with Crippen LogP contribution in [0.5, 0.6) is 5.75 Å². The second-order valence-electron chi connectivity index (χ2n) is 8.57. The van der Waals surface area contributed by atoms with E-state index in [0.717, 1.165) is 17.1 Å². The number of fused-ring (bicyclic) bond motifs is 1. The number of allylic oxidation sites excluding steroid dienone is 1. The predicted octanol–water partition coefficient (Wildman–Crippen LogP) is 6.10. The maximum absolute atomic E-state index is 13.0. The molecule has 7 nitrogen and oxygen atoms in total. The van der Waals surface area contributed by atoms with E-state index in [1.165, 1.54) is 16.7 Å². The number of esters is 1. The zero-order valence-electron chi connectivity index (χ0n) is 21.0. The molecule has 3 aromatic carbocycles. The molecule has 0 fully saturated rings. The fraction of sp³-hybridized carbons (Fsp3) is 0.207. The minimum absolute atomic E-state index is 0.291. The van der Waals surface area contributed by atoms with Gasteiger partial charge in [0.15, 0.2) is 0 Å². The molecule has 0 saturated carbocycles. The molecule has 0 aliphatic carbocycles. The zero-order chi connectivity index (χ0) is 25.8. The van der Waals surface area contributed by atoms with Crippen molar-refractivity contribution in [3.8, 4) is 16.9 Å². The van der Waals surface area contributed by atoms with Crippen molar-refractivity contribution < 1.29 is 14.3 Å². The molecule has 5 rings (SSSR count). The van der Waals surface area contributed by atoms with Crippen LogP contribution in [0.2, 0.25) is 0 Å². The largest absolute Gasteiger partial charge is 0.497 e. The van der Waals surface area contributed by atoms with Gasteiger partial charge in [0.1, 0.15) is 11.8 Å². The summed E-state index contributed by atoms with van der Waals surface area (Å²) in [6.45, 7) is 3.95. The second-order valence-corrected chi connectivity index (χ2v) is 9.52. The van der Waals surface area contributed by atoms with Crippen LogP contribution < -0.4 is 10.1 Å². The molecular weight excluding hydrogens is 484 g/mol. The van der Waals surface area contributed by atoms with Crippen LogP contribution in [0.3, 0.4) is 0 Å². The van der Waals surface area contributed by atoms with E-state index in [2.05, 4.69) is 41.7 Å². The molecule has 0 bridgehead atoms. The lowest BCUT2D eigenvalue weighted by Gasteiger charge is -2.28. The lowest BCUT2D eigenvalue weighted by atomic mass is 9.96. The summed E-state index contributed by atoms with van der Waals surface area (Å²) in [4.78, 5) is 17.7. The van der Waals surface area contributed by atoms with Crippen molar-refractivity contribution in [1.29, 1.82) is 0 Å². The molecule has 1 N–H and O–H groups in total. The molecule has 8 heteroatoms. The van der Waals surface area contributed by atoms with E-state index >= 15 is 0 Å². The molecule has 0 saturated heterocycles. The summed E-state index contributed by atoms with van der Waals surface area (Å²) in [5.74, 6) is 1.68. The van der Waals surface area contributed by atoms with Gasteiger partial charge in [-0.25, -0.2) is 9.48 Å². The Morgan fingerprint density at radius 3 is 2.38 bits per heavy atom. The van der Waals surface area contributed by atoms with E-state index in [1.54, 1.807) is 30.5 Å². The van der Waals surface area contributed by atoms with E-state index in [-0.39, 0.29) is 5.97 Å². The second kappa shape index (κ2) is 10.9. The summed E-state index contributed by atoms with van der Waals surface area (Å²) in [5.41, 5.74) is 5.66. The number of carbonyl (C=O) groups is 1. The Hall–Kier alpha value is -4.04. The van der Waals surface area contributed by atoms with Gasteiger partial charge in [-0.1, -0.05) is 78.5 Å². The number of benzene rings is 3. The molecule has 0 amide bonds.